The first-order chi connectivity index (χ1) is 20.6. The van der Waals surface area contributed by atoms with Gasteiger partial charge in [0.1, 0.15) is 5.84 Å². The van der Waals surface area contributed by atoms with Gasteiger partial charge in [0.05, 0.1) is 25.6 Å². The van der Waals surface area contributed by atoms with Gasteiger partial charge >= 0.3 is 12.1 Å². The molecule has 0 bridgehead atoms. The zero-order chi connectivity index (χ0) is 31.2. The summed E-state index contributed by atoms with van der Waals surface area (Å²) in [4.78, 5) is 50.9. The number of carbonyl (C=O) groups is 4. The number of alkyl halides is 3. The Labute approximate surface area is 253 Å². The van der Waals surface area contributed by atoms with E-state index in [2.05, 4.69) is 20.9 Å². The number of aliphatic imine (C=N–C) groups is 1. The highest BCUT2D eigenvalue weighted by molar-refractivity contribution is 6.00. The Morgan fingerprint density at radius 1 is 1.07 bits per heavy atom. The molecule has 2 aliphatic heterocycles. The average molecular weight is 623 g/mol. The van der Waals surface area contributed by atoms with Crippen LogP contribution < -0.4 is 25.4 Å². The number of hydrogen-bond acceptors (Lipinski definition) is 9. The molecule has 0 aromatic heterocycles. The molecule has 4 rings (SSSR count). The number of hydrogen-bond donors (Lipinski definition) is 3. The van der Waals surface area contributed by atoms with Gasteiger partial charge in [0.25, 0.3) is 5.91 Å². The summed E-state index contributed by atoms with van der Waals surface area (Å²) in [5.41, 5.74) is 1.86. The van der Waals surface area contributed by atoms with Crippen molar-refractivity contribution in [2.45, 2.75) is 58.7 Å². The number of nitrogens with one attached hydrogen (secondary N) is 3. The topological polar surface area (TPSA) is 144 Å². The van der Waals surface area contributed by atoms with E-state index in [0.717, 1.165) is 43.8 Å². The minimum Gasteiger partial charge on any atom is -0.466 e. The lowest BCUT2D eigenvalue weighted by atomic mass is 10.0. The zero-order valence-corrected chi connectivity index (χ0v) is 23.5. The molecule has 0 spiro atoms. The predicted octanol–water partition coefficient (Wildman–Crippen LogP) is 4.72. The second-order valence-electron chi connectivity index (χ2n) is 9.43. The van der Waals surface area contributed by atoms with Crippen LogP contribution in [-0.2, 0) is 19.1 Å². The normalized spacial score (nSPS) is 14.2. The van der Waals surface area contributed by atoms with Gasteiger partial charge in [-0.3, -0.25) is 24.2 Å². The molecule has 0 saturated carbocycles. The highest BCUT2D eigenvalue weighted by Crippen LogP contribution is 2.35. The maximum atomic E-state index is 12.7. The van der Waals surface area contributed by atoms with Crippen LogP contribution in [-0.4, -0.2) is 62.6 Å². The molecule has 2 aromatic carbocycles. The molecule has 0 aliphatic carbocycles. The van der Waals surface area contributed by atoms with E-state index < -0.39 is 30.4 Å². The maximum Gasteiger partial charge on any atom is 0.446 e. The fourth-order valence-electron chi connectivity index (χ4n) is 4.16. The van der Waals surface area contributed by atoms with Crippen molar-refractivity contribution in [2.24, 2.45) is 4.99 Å². The van der Waals surface area contributed by atoms with Crippen molar-refractivity contribution in [1.82, 2.24) is 10.6 Å². The minimum atomic E-state index is -4.64. The SMILES string of the molecule is C.CCOC(=O)CC(NC(=O)CNC(=O)c1cccc(NC2=NCCCCC2)c1)c1ccc2c(c1)OCO2.O=CC(F)(F)F. The number of esters is 1. The minimum absolute atomic E-state index is 0. The first-order valence-corrected chi connectivity index (χ1v) is 13.6. The number of rotatable bonds is 9. The third-order valence-corrected chi connectivity index (χ3v) is 6.14. The molecule has 1 atom stereocenters. The summed E-state index contributed by atoms with van der Waals surface area (Å²) < 4.78 is 47.1. The number of carbonyl (C=O) groups excluding carboxylic acids is 4. The van der Waals surface area contributed by atoms with E-state index >= 15 is 0 Å². The van der Waals surface area contributed by atoms with Crippen molar-refractivity contribution in [2.75, 3.05) is 31.8 Å². The van der Waals surface area contributed by atoms with Gasteiger partial charge in [0, 0.05) is 24.2 Å². The van der Waals surface area contributed by atoms with E-state index in [-0.39, 0.29) is 39.7 Å². The Kier molecular flexibility index (Phi) is 14.1. The molecule has 240 valence electrons. The molecule has 44 heavy (non-hydrogen) atoms. The van der Waals surface area contributed by atoms with Crippen LogP contribution in [0.15, 0.2) is 47.5 Å². The summed E-state index contributed by atoms with van der Waals surface area (Å²) in [5, 5.41) is 8.76. The standard InChI is InChI=1S/C27H32N4O6.C2HF3O.CH4/c1-2-35-26(33)15-21(18-10-11-22-23(14-18)37-17-36-22)31-25(32)16-29-27(34)19-7-6-8-20(13-19)30-24-9-4-3-5-12-28-24;3-2(4,5)1-6;/h6-8,10-11,13-14,21H,2-5,9,12,15-17H2,1H3,(H,28,30)(H,29,34)(H,31,32);1H;1H4. The van der Waals surface area contributed by atoms with Crippen molar-refractivity contribution in [3.8, 4) is 11.5 Å². The maximum absolute atomic E-state index is 12.7. The molecule has 1 unspecified atom stereocenters. The molecular weight excluding hydrogens is 585 g/mol. The molecule has 2 aliphatic rings. The molecule has 2 amide bonds. The third kappa shape index (κ3) is 11.9. The molecular formula is C30H37F3N4O7. The van der Waals surface area contributed by atoms with E-state index in [0.29, 0.717) is 22.6 Å². The van der Waals surface area contributed by atoms with Gasteiger partial charge in [-0.2, -0.15) is 13.2 Å². The van der Waals surface area contributed by atoms with E-state index in [1.54, 1.807) is 43.3 Å². The number of ether oxygens (including phenoxy) is 3. The molecule has 2 heterocycles. The van der Waals surface area contributed by atoms with Crippen LogP contribution in [0.4, 0.5) is 18.9 Å². The van der Waals surface area contributed by atoms with Gasteiger partial charge in [-0.1, -0.05) is 26.0 Å². The number of fused-ring (bicyclic) bond motifs is 1. The fourth-order valence-corrected chi connectivity index (χ4v) is 4.16. The van der Waals surface area contributed by atoms with Crippen LogP contribution in [0, 0.1) is 0 Å². The number of benzene rings is 2. The molecule has 11 nitrogen and oxygen atoms in total. The summed E-state index contributed by atoms with van der Waals surface area (Å²) >= 11 is 0. The summed E-state index contributed by atoms with van der Waals surface area (Å²) in [5.74, 6) is 0.786. The number of amides is 2. The zero-order valence-electron chi connectivity index (χ0n) is 23.5. The van der Waals surface area contributed by atoms with Crippen molar-refractivity contribution >= 4 is 35.6 Å². The second kappa shape index (κ2) is 17.5. The number of aldehydes is 1. The van der Waals surface area contributed by atoms with E-state index in [4.69, 9.17) is 19.0 Å². The first kappa shape index (κ1) is 35.6. The second-order valence-corrected chi connectivity index (χ2v) is 9.43. The smallest absolute Gasteiger partial charge is 0.446 e. The van der Waals surface area contributed by atoms with Crippen molar-refractivity contribution in [3.05, 3.63) is 53.6 Å². The number of anilines is 1. The molecule has 0 fully saturated rings. The Morgan fingerprint density at radius 2 is 1.82 bits per heavy atom. The van der Waals surface area contributed by atoms with Gasteiger partial charge in [-0.15, -0.1) is 0 Å². The first-order valence-electron chi connectivity index (χ1n) is 13.6. The molecule has 2 aromatic rings. The Bertz CT molecular complexity index is 1320. The van der Waals surface area contributed by atoms with Gasteiger partial charge in [-0.05, 0) is 55.7 Å². The summed E-state index contributed by atoms with van der Waals surface area (Å²) in [6.45, 7) is 2.62. The lowest BCUT2D eigenvalue weighted by molar-refractivity contribution is -0.156. The number of halogens is 3. The molecule has 0 saturated heterocycles. The summed E-state index contributed by atoms with van der Waals surface area (Å²) in [6.07, 6.45) is -1.55. The van der Waals surface area contributed by atoms with Crippen LogP contribution in [0.25, 0.3) is 0 Å². The highest BCUT2D eigenvalue weighted by atomic mass is 19.4. The van der Waals surface area contributed by atoms with Gasteiger partial charge in [-0.25, -0.2) is 0 Å². The van der Waals surface area contributed by atoms with Crippen LogP contribution in [0.2, 0.25) is 0 Å². The summed E-state index contributed by atoms with van der Waals surface area (Å²) in [6, 6.07) is 11.6. The van der Waals surface area contributed by atoms with Crippen LogP contribution >= 0.6 is 0 Å². The Hall–Kier alpha value is -4.62. The monoisotopic (exact) mass is 622 g/mol. The van der Waals surface area contributed by atoms with Crippen LogP contribution in [0.1, 0.15) is 68.4 Å². The summed E-state index contributed by atoms with van der Waals surface area (Å²) in [7, 11) is 0. The third-order valence-electron chi connectivity index (χ3n) is 6.14. The fraction of sp³-hybridized carbons (Fsp3) is 0.433. The lowest BCUT2D eigenvalue weighted by Crippen LogP contribution is -2.39. The average Bonchev–Trinajstić information content (AvgIpc) is 3.31. The number of amidine groups is 1. The molecule has 3 N–H and O–H groups in total. The van der Waals surface area contributed by atoms with E-state index in [9.17, 15) is 27.6 Å². The molecule has 14 heteroatoms. The number of nitrogens with zero attached hydrogens (tertiary/aromatic N) is 1. The highest BCUT2D eigenvalue weighted by Gasteiger charge is 2.25. The largest absolute Gasteiger partial charge is 0.466 e. The Morgan fingerprint density at radius 3 is 2.55 bits per heavy atom. The van der Waals surface area contributed by atoms with Crippen LogP contribution in [0.5, 0.6) is 11.5 Å². The van der Waals surface area contributed by atoms with E-state index in [1.807, 2.05) is 6.07 Å². The van der Waals surface area contributed by atoms with Gasteiger partial charge in [0.15, 0.2) is 11.5 Å². The van der Waals surface area contributed by atoms with Crippen molar-refractivity contribution in [3.63, 3.8) is 0 Å². The van der Waals surface area contributed by atoms with E-state index in [1.165, 1.54) is 0 Å². The van der Waals surface area contributed by atoms with Crippen molar-refractivity contribution in [1.29, 1.82) is 0 Å². The lowest BCUT2D eigenvalue weighted by Gasteiger charge is -2.19. The Balaban J connectivity index is 0.000000877. The van der Waals surface area contributed by atoms with Gasteiger partial charge < -0.3 is 30.2 Å². The van der Waals surface area contributed by atoms with Gasteiger partial charge in [0.2, 0.25) is 19.0 Å². The quantitative estimate of drug-likeness (QED) is 0.269. The molecule has 0 radical (unpaired) electrons. The van der Waals surface area contributed by atoms with Crippen LogP contribution in [0.3, 0.4) is 0 Å². The van der Waals surface area contributed by atoms with Crippen molar-refractivity contribution < 1.29 is 46.6 Å². The predicted molar refractivity (Wildman–Crippen MR) is 157 cm³/mol.